The van der Waals surface area contributed by atoms with Gasteiger partial charge in [-0.3, -0.25) is 4.90 Å². The van der Waals surface area contributed by atoms with Gasteiger partial charge in [-0.05, 0) is 43.7 Å². The second-order valence-electron chi connectivity index (χ2n) is 5.58. The number of piperazine rings is 1. The zero-order chi connectivity index (χ0) is 15.2. The molecular weight excluding hydrogens is 330 g/mol. The molecule has 1 aromatic rings. The molecule has 1 saturated heterocycles. The van der Waals surface area contributed by atoms with Gasteiger partial charge in [0.05, 0.1) is 0 Å². The van der Waals surface area contributed by atoms with Crippen LogP contribution in [0.3, 0.4) is 0 Å². The normalized spacial score (nSPS) is 16.0. The Balaban J connectivity index is 1.83. The van der Waals surface area contributed by atoms with Crippen LogP contribution in [-0.2, 0) is 0 Å². The Morgan fingerprint density at radius 2 is 2.00 bits per heavy atom. The van der Waals surface area contributed by atoms with E-state index in [1.165, 1.54) is 12.8 Å². The van der Waals surface area contributed by atoms with Gasteiger partial charge in [0.2, 0.25) is 0 Å². The first-order chi connectivity index (χ1) is 10.1. The van der Waals surface area contributed by atoms with Gasteiger partial charge in [-0.15, -0.1) is 0 Å². The van der Waals surface area contributed by atoms with Crippen molar-refractivity contribution in [1.82, 2.24) is 9.80 Å². The van der Waals surface area contributed by atoms with Crippen LogP contribution in [0.25, 0.3) is 0 Å². The van der Waals surface area contributed by atoms with Crippen molar-refractivity contribution in [2.75, 3.05) is 38.0 Å². The highest BCUT2D eigenvalue weighted by Crippen LogP contribution is 2.20. The van der Waals surface area contributed by atoms with E-state index >= 15 is 0 Å². The fraction of sp³-hybridized carbons (Fsp3) is 0.562. The number of anilines is 1. The smallest absolute Gasteiger partial charge is 0.321 e. The van der Waals surface area contributed by atoms with E-state index in [1.54, 1.807) is 0 Å². The Labute approximate surface area is 135 Å². The molecule has 0 unspecified atom stereocenters. The summed E-state index contributed by atoms with van der Waals surface area (Å²) in [5.41, 5.74) is 1.98. The van der Waals surface area contributed by atoms with E-state index in [0.29, 0.717) is 0 Å². The number of carbonyl (C=O) groups is 1. The first-order valence-electron chi connectivity index (χ1n) is 7.64. The molecule has 1 aliphatic rings. The topological polar surface area (TPSA) is 35.6 Å². The first kappa shape index (κ1) is 16.3. The van der Waals surface area contributed by atoms with Crippen LogP contribution in [0.1, 0.15) is 25.3 Å². The summed E-state index contributed by atoms with van der Waals surface area (Å²) in [5, 5.41) is 2.99. The summed E-state index contributed by atoms with van der Waals surface area (Å²) < 4.78 is 1.06. The fourth-order valence-corrected chi connectivity index (χ4v) is 2.73. The number of hydrogen-bond acceptors (Lipinski definition) is 2. The van der Waals surface area contributed by atoms with Crippen molar-refractivity contribution in [2.45, 2.75) is 26.7 Å². The number of benzene rings is 1. The van der Waals surface area contributed by atoms with Crippen molar-refractivity contribution in [3.8, 4) is 0 Å². The summed E-state index contributed by atoms with van der Waals surface area (Å²) >= 11 is 3.47. The lowest BCUT2D eigenvalue weighted by Gasteiger charge is -2.34. The molecular formula is C16H24BrN3O. The molecule has 0 bridgehead atoms. The van der Waals surface area contributed by atoms with E-state index in [9.17, 15) is 4.79 Å². The van der Waals surface area contributed by atoms with Crippen molar-refractivity contribution >= 4 is 27.6 Å². The quantitative estimate of drug-likeness (QED) is 0.895. The summed E-state index contributed by atoms with van der Waals surface area (Å²) in [7, 11) is 0. The Morgan fingerprint density at radius 3 is 2.62 bits per heavy atom. The largest absolute Gasteiger partial charge is 0.322 e. The molecule has 0 aromatic heterocycles. The number of carbonyl (C=O) groups excluding carboxylic acids is 1. The lowest BCUT2D eigenvalue weighted by molar-refractivity contribution is 0.146. The van der Waals surface area contributed by atoms with Crippen molar-refractivity contribution < 1.29 is 4.79 Å². The number of nitrogens with one attached hydrogen (secondary N) is 1. The number of urea groups is 1. The maximum absolute atomic E-state index is 12.3. The third-order valence-electron chi connectivity index (χ3n) is 3.90. The molecule has 4 nitrogen and oxygen atoms in total. The second-order valence-corrected chi connectivity index (χ2v) is 6.43. The number of hydrogen-bond donors (Lipinski definition) is 1. The lowest BCUT2D eigenvalue weighted by Crippen LogP contribution is -2.50. The molecule has 0 aliphatic carbocycles. The third-order valence-corrected chi connectivity index (χ3v) is 4.79. The van der Waals surface area contributed by atoms with E-state index < -0.39 is 0 Å². The molecule has 1 N–H and O–H groups in total. The lowest BCUT2D eigenvalue weighted by atomic mass is 10.2. The summed E-state index contributed by atoms with van der Waals surface area (Å²) in [4.78, 5) is 16.6. The van der Waals surface area contributed by atoms with Gasteiger partial charge in [0.15, 0.2) is 0 Å². The Hall–Kier alpha value is -1.07. The highest BCUT2D eigenvalue weighted by atomic mass is 79.9. The summed E-state index contributed by atoms with van der Waals surface area (Å²) in [5.74, 6) is 0. The van der Waals surface area contributed by atoms with Gasteiger partial charge >= 0.3 is 6.03 Å². The fourth-order valence-electron chi connectivity index (χ4n) is 2.48. The number of unbranched alkanes of at least 4 members (excludes halogenated alkanes) is 1. The zero-order valence-electron chi connectivity index (χ0n) is 12.9. The summed E-state index contributed by atoms with van der Waals surface area (Å²) in [6.45, 7) is 8.96. The molecule has 0 atom stereocenters. The van der Waals surface area contributed by atoms with Crippen molar-refractivity contribution in [3.63, 3.8) is 0 Å². The van der Waals surface area contributed by atoms with Crippen LogP contribution in [0.5, 0.6) is 0 Å². The van der Waals surface area contributed by atoms with Crippen LogP contribution < -0.4 is 5.32 Å². The van der Waals surface area contributed by atoms with Crippen molar-refractivity contribution in [2.24, 2.45) is 0 Å². The minimum atomic E-state index is 0.00636. The van der Waals surface area contributed by atoms with E-state index in [2.05, 4.69) is 33.1 Å². The minimum Gasteiger partial charge on any atom is -0.322 e. The van der Waals surface area contributed by atoms with Crippen LogP contribution in [0.2, 0.25) is 0 Å². The molecule has 0 spiro atoms. The molecule has 1 aromatic carbocycles. The van der Waals surface area contributed by atoms with Crippen LogP contribution in [0.4, 0.5) is 10.5 Å². The molecule has 2 rings (SSSR count). The average molecular weight is 354 g/mol. The van der Waals surface area contributed by atoms with Gasteiger partial charge in [-0.2, -0.15) is 0 Å². The molecule has 1 aliphatic heterocycles. The Kier molecular flexibility index (Phi) is 6.06. The zero-order valence-corrected chi connectivity index (χ0v) is 14.4. The van der Waals surface area contributed by atoms with E-state index in [4.69, 9.17) is 0 Å². The van der Waals surface area contributed by atoms with Gasteiger partial charge in [-0.25, -0.2) is 4.79 Å². The molecule has 0 radical (unpaired) electrons. The molecule has 2 amide bonds. The third kappa shape index (κ3) is 4.71. The Morgan fingerprint density at radius 1 is 1.29 bits per heavy atom. The second kappa shape index (κ2) is 7.80. The van der Waals surface area contributed by atoms with Crippen molar-refractivity contribution in [3.05, 3.63) is 28.2 Å². The monoisotopic (exact) mass is 353 g/mol. The maximum Gasteiger partial charge on any atom is 0.321 e. The number of aryl methyl sites for hydroxylation is 1. The highest BCUT2D eigenvalue weighted by Gasteiger charge is 2.20. The minimum absolute atomic E-state index is 0.00636. The van der Waals surface area contributed by atoms with Gasteiger partial charge in [-0.1, -0.05) is 29.3 Å². The summed E-state index contributed by atoms with van der Waals surface area (Å²) in [6, 6.07) is 5.88. The van der Waals surface area contributed by atoms with E-state index in [1.807, 2.05) is 30.0 Å². The van der Waals surface area contributed by atoms with Crippen LogP contribution >= 0.6 is 15.9 Å². The first-order valence-corrected chi connectivity index (χ1v) is 8.44. The standard InChI is InChI=1S/C16H24BrN3O/c1-3-4-7-19-8-10-20(11-9-19)16(21)18-14-5-6-15(17)13(2)12-14/h5-6,12H,3-4,7-11H2,1-2H3,(H,18,21). The van der Waals surface area contributed by atoms with Gasteiger partial charge in [0.1, 0.15) is 0 Å². The maximum atomic E-state index is 12.3. The number of rotatable bonds is 4. The van der Waals surface area contributed by atoms with Gasteiger partial charge < -0.3 is 10.2 Å². The van der Waals surface area contributed by atoms with Crippen LogP contribution in [0.15, 0.2) is 22.7 Å². The molecule has 0 saturated carbocycles. The predicted octanol–water partition coefficient (Wildman–Crippen LogP) is 3.71. The molecule has 1 fully saturated rings. The van der Waals surface area contributed by atoms with Crippen LogP contribution in [-0.4, -0.2) is 48.6 Å². The number of halogens is 1. The van der Waals surface area contributed by atoms with Gasteiger partial charge in [0.25, 0.3) is 0 Å². The molecule has 116 valence electrons. The molecule has 21 heavy (non-hydrogen) atoms. The highest BCUT2D eigenvalue weighted by molar-refractivity contribution is 9.10. The number of nitrogens with zero attached hydrogens (tertiary/aromatic N) is 2. The molecule has 1 heterocycles. The summed E-state index contributed by atoms with van der Waals surface area (Å²) in [6.07, 6.45) is 2.47. The van der Waals surface area contributed by atoms with Gasteiger partial charge in [0, 0.05) is 36.3 Å². The average Bonchev–Trinajstić information content (AvgIpc) is 2.49. The predicted molar refractivity (Wildman–Crippen MR) is 90.8 cm³/mol. The Bertz CT molecular complexity index is 484. The molecule has 5 heteroatoms. The van der Waals surface area contributed by atoms with E-state index in [-0.39, 0.29) is 6.03 Å². The SMILES string of the molecule is CCCCN1CCN(C(=O)Nc2ccc(Br)c(C)c2)CC1. The number of amides is 2. The van der Waals surface area contributed by atoms with Crippen LogP contribution in [0, 0.1) is 6.92 Å². The van der Waals surface area contributed by atoms with Crippen molar-refractivity contribution in [1.29, 1.82) is 0 Å². The van der Waals surface area contributed by atoms with E-state index in [0.717, 1.165) is 48.4 Å².